The highest BCUT2D eigenvalue weighted by atomic mass is 31.2. The predicted octanol–water partition coefficient (Wildman–Crippen LogP) is 18.1. The summed E-state index contributed by atoms with van der Waals surface area (Å²) in [5.74, 6) is -0.913. The van der Waals surface area contributed by atoms with Crippen LogP contribution in [-0.2, 0) is 32.7 Å². The number of hydrogen-bond acceptors (Lipinski definition) is 8. The molecule has 0 radical (unpaired) electrons. The van der Waals surface area contributed by atoms with Crippen molar-refractivity contribution in [2.75, 3.05) is 47.5 Å². The van der Waals surface area contributed by atoms with Crippen LogP contribution in [0.4, 0.5) is 0 Å². The summed E-state index contributed by atoms with van der Waals surface area (Å²) in [4.78, 5) is 37.8. The average Bonchev–Trinajstić information content (AvgIpc) is 3.38. The monoisotopic (exact) mass is 1070 g/mol. The molecule has 0 saturated heterocycles. The lowest BCUT2D eigenvalue weighted by atomic mass is 10.0. The van der Waals surface area contributed by atoms with Gasteiger partial charge in [0.05, 0.1) is 27.7 Å². The van der Waals surface area contributed by atoms with E-state index < -0.39 is 32.5 Å². The Morgan fingerprint density at radius 1 is 0.408 bits per heavy atom. The standard InChI is InChI=1S/C66H108NO8P/c1-6-8-10-12-14-16-18-20-22-24-25-26-27-28-29-30-31-32-33-34-35-36-37-38-39-40-41-43-45-47-49-51-53-55-57-59-66(69)75-64(63-74-76(70,71)73-61-60-67(3,4)5)62-72-65(68)58-56-54-52-50-48-46-44-42-23-21-19-17-15-13-11-9-7-2/h8-11,14-17,20-23,25-26,28-29,31-32,34-35,44,46,50,52,64H,6-7,12-13,18-19,24,27,30,33,36-43,45,47-49,51,53-63H2,1-5H3/b10-8-,11-9-,16-14-,17-15-,22-20-,23-21-,26-25-,29-28-,32-31-,35-34-,46-44-,52-50-. The van der Waals surface area contributed by atoms with E-state index in [1.165, 1.54) is 64.2 Å². The van der Waals surface area contributed by atoms with Crippen molar-refractivity contribution in [3.05, 3.63) is 146 Å². The van der Waals surface area contributed by atoms with Crippen molar-refractivity contribution in [1.82, 2.24) is 0 Å². The van der Waals surface area contributed by atoms with Gasteiger partial charge in [-0.1, -0.05) is 230 Å². The van der Waals surface area contributed by atoms with E-state index in [2.05, 4.69) is 154 Å². The summed E-state index contributed by atoms with van der Waals surface area (Å²) in [7, 11) is 1.12. The number of quaternary nitrogens is 1. The van der Waals surface area contributed by atoms with E-state index in [4.69, 9.17) is 18.5 Å². The zero-order valence-corrected chi connectivity index (χ0v) is 49.5. The minimum absolute atomic E-state index is 0.0472. The number of hydrogen-bond donors (Lipinski definition) is 0. The second-order valence-electron chi connectivity index (χ2n) is 20.2. The van der Waals surface area contributed by atoms with Crippen molar-refractivity contribution < 1.29 is 42.1 Å². The highest BCUT2D eigenvalue weighted by Crippen LogP contribution is 2.38. The largest absolute Gasteiger partial charge is 0.756 e. The van der Waals surface area contributed by atoms with Gasteiger partial charge < -0.3 is 27.9 Å². The Morgan fingerprint density at radius 3 is 1.09 bits per heavy atom. The predicted molar refractivity (Wildman–Crippen MR) is 323 cm³/mol. The fourth-order valence-corrected chi connectivity index (χ4v) is 8.11. The molecule has 0 aromatic rings. The molecule has 2 unspecified atom stereocenters. The normalized spacial score (nSPS) is 14.3. The van der Waals surface area contributed by atoms with Crippen LogP contribution in [0.15, 0.2) is 146 Å². The third-order valence-electron chi connectivity index (χ3n) is 11.9. The molecule has 0 amide bonds. The van der Waals surface area contributed by atoms with Crippen molar-refractivity contribution in [3.63, 3.8) is 0 Å². The van der Waals surface area contributed by atoms with E-state index in [-0.39, 0.29) is 26.1 Å². The number of carbonyl (C=O) groups excluding carboxylic acids is 2. The number of unbranched alkanes of at least 4 members (excludes halogenated alkanes) is 14. The van der Waals surface area contributed by atoms with Crippen LogP contribution in [0.1, 0.15) is 206 Å². The molecule has 0 fully saturated rings. The van der Waals surface area contributed by atoms with Gasteiger partial charge in [0.1, 0.15) is 19.8 Å². The molecular weight excluding hydrogens is 966 g/mol. The second-order valence-corrected chi connectivity index (χ2v) is 21.7. The molecule has 0 heterocycles. The number of rotatable bonds is 52. The lowest BCUT2D eigenvalue weighted by Gasteiger charge is -2.28. The smallest absolute Gasteiger partial charge is 0.306 e. The van der Waals surface area contributed by atoms with Crippen molar-refractivity contribution in [3.8, 4) is 0 Å². The molecule has 0 aliphatic carbocycles. The summed E-state index contributed by atoms with van der Waals surface area (Å²) in [5.41, 5.74) is 0. The first-order chi connectivity index (χ1) is 37.0. The van der Waals surface area contributed by atoms with E-state index in [1.807, 2.05) is 27.2 Å². The highest BCUT2D eigenvalue weighted by molar-refractivity contribution is 7.45. The van der Waals surface area contributed by atoms with E-state index in [9.17, 15) is 19.0 Å². The maximum Gasteiger partial charge on any atom is 0.306 e. The molecule has 10 heteroatoms. The van der Waals surface area contributed by atoms with E-state index >= 15 is 0 Å². The van der Waals surface area contributed by atoms with Crippen LogP contribution in [0, 0.1) is 0 Å². The van der Waals surface area contributed by atoms with Gasteiger partial charge >= 0.3 is 11.9 Å². The molecule has 2 atom stereocenters. The fraction of sp³-hybridized carbons (Fsp3) is 0.606. The number of phosphoric ester groups is 1. The van der Waals surface area contributed by atoms with E-state index in [0.29, 0.717) is 23.9 Å². The Labute approximate surface area is 465 Å². The minimum atomic E-state index is -4.66. The number of carbonyl (C=O) groups is 2. The van der Waals surface area contributed by atoms with Gasteiger partial charge in [-0.25, -0.2) is 0 Å². The Morgan fingerprint density at radius 2 is 0.724 bits per heavy atom. The SMILES string of the molecule is CC/C=C\C/C=C\C/C=C\C/C=C\C/C=C\C/C=C\C/C=C\CCCCCCCCCCCCCCCC(=O)OC(COC(=O)CCC/C=C\C/C=C\C/C=C\C/C=C\C/C=C\CC)COP(=O)([O-])OCC[N+](C)(C)C. The number of likely N-dealkylation sites (N-methyl/N-ethyl adjacent to an activating group) is 1. The van der Waals surface area contributed by atoms with Crippen LogP contribution in [0.5, 0.6) is 0 Å². The molecule has 0 aromatic heterocycles. The molecule has 0 saturated carbocycles. The molecule has 0 aliphatic heterocycles. The highest BCUT2D eigenvalue weighted by Gasteiger charge is 2.21. The number of phosphoric acid groups is 1. The lowest BCUT2D eigenvalue weighted by molar-refractivity contribution is -0.870. The summed E-state index contributed by atoms with van der Waals surface area (Å²) in [5, 5.41) is 0. The Bertz CT molecular complexity index is 1790. The van der Waals surface area contributed by atoms with Crippen LogP contribution in [0.2, 0.25) is 0 Å². The van der Waals surface area contributed by atoms with Crippen LogP contribution >= 0.6 is 7.82 Å². The topological polar surface area (TPSA) is 111 Å². The number of allylic oxidation sites excluding steroid dienone is 24. The molecule has 430 valence electrons. The van der Waals surface area contributed by atoms with Crippen molar-refractivity contribution in [2.24, 2.45) is 0 Å². The van der Waals surface area contributed by atoms with Crippen LogP contribution in [0.3, 0.4) is 0 Å². The second kappa shape index (κ2) is 55.6. The van der Waals surface area contributed by atoms with Crippen LogP contribution in [0.25, 0.3) is 0 Å². The molecule has 0 aromatic carbocycles. The maximum absolute atomic E-state index is 12.8. The Kier molecular flexibility index (Phi) is 52.6. The average molecular weight is 1070 g/mol. The van der Waals surface area contributed by atoms with Crippen LogP contribution in [-0.4, -0.2) is 70.0 Å². The first kappa shape index (κ1) is 71.9. The number of ether oxygens (including phenoxy) is 2. The summed E-state index contributed by atoms with van der Waals surface area (Å²) in [6, 6.07) is 0. The summed E-state index contributed by atoms with van der Waals surface area (Å²) in [6.07, 6.45) is 82.0. The Balaban J connectivity index is 4.17. The zero-order chi connectivity index (χ0) is 55.6. The molecule has 0 spiro atoms. The first-order valence-corrected chi connectivity index (χ1v) is 31.0. The van der Waals surface area contributed by atoms with Crippen molar-refractivity contribution in [2.45, 2.75) is 213 Å². The molecule has 0 bridgehead atoms. The summed E-state index contributed by atoms with van der Waals surface area (Å²) < 4.78 is 34.1. The quantitative estimate of drug-likeness (QED) is 0.0195. The summed E-state index contributed by atoms with van der Waals surface area (Å²) in [6.45, 7) is 3.92. The number of esters is 2. The minimum Gasteiger partial charge on any atom is -0.756 e. The van der Waals surface area contributed by atoms with E-state index in [1.54, 1.807) is 0 Å². The third-order valence-corrected chi connectivity index (χ3v) is 12.8. The molecule has 0 rings (SSSR count). The molecule has 9 nitrogen and oxygen atoms in total. The van der Waals surface area contributed by atoms with Gasteiger partial charge in [-0.05, 0) is 109 Å². The molecule has 76 heavy (non-hydrogen) atoms. The molecular formula is C66H108NO8P. The van der Waals surface area contributed by atoms with Gasteiger partial charge in [-0.15, -0.1) is 0 Å². The zero-order valence-electron chi connectivity index (χ0n) is 48.6. The first-order valence-electron chi connectivity index (χ1n) is 29.5. The molecule has 0 aliphatic rings. The van der Waals surface area contributed by atoms with Crippen molar-refractivity contribution in [1.29, 1.82) is 0 Å². The van der Waals surface area contributed by atoms with Gasteiger partial charge in [0.15, 0.2) is 6.10 Å². The third kappa shape index (κ3) is 59.1. The van der Waals surface area contributed by atoms with Gasteiger partial charge in [-0.2, -0.15) is 0 Å². The van der Waals surface area contributed by atoms with Crippen LogP contribution < -0.4 is 4.89 Å². The lowest BCUT2D eigenvalue weighted by Crippen LogP contribution is -2.37. The maximum atomic E-state index is 12.8. The van der Waals surface area contributed by atoms with E-state index in [0.717, 1.165) is 103 Å². The van der Waals surface area contributed by atoms with Crippen molar-refractivity contribution >= 4 is 19.8 Å². The number of nitrogens with zero attached hydrogens (tertiary/aromatic N) is 1. The van der Waals surface area contributed by atoms with Gasteiger partial charge in [0.2, 0.25) is 0 Å². The Hall–Kier alpha value is -4.11. The molecule has 0 N–H and O–H groups in total. The van der Waals surface area contributed by atoms with Gasteiger partial charge in [-0.3, -0.25) is 14.2 Å². The van der Waals surface area contributed by atoms with Gasteiger partial charge in [0.25, 0.3) is 7.82 Å². The van der Waals surface area contributed by atoms with Gasteiger partial charge in [0, 0.05) is 12.8 Å². The fourth-order valence-electron chi connectivity index (χ4n) is 7.38. The summed E-state index contributed by atoms with van der Waals surface area (Å²) >= 11 is 0.